The molecule has 2 heterocycles. The first-order valence-corrected chi connectivity index (χ1v) is 10.4. The van der Waals surface area contributed by atoms with E-state index in [2.05, 4.69) is 35.4 Å². The Morgan fingerprint density at radius 1 is 0.875 bits per heavy atom. The number of carbonyl (C=O) groups excluding carboxylic acids is 2. The molecule has 0 saturated carbocycles. The number of piperazine rings is 1. The number of aromatic nitrogens is 3. The molecule has 0 spiro atoms. The first kappa shape index (κ1) is 21.2. The Morgan fingerprint density at radius 3 is 2.34 bits per heavy atom. The van der Waals surface area contributed by atoms with E-state index in [1.165, 1.54) is 13.3 Å². The van der Waals surface area contributed by atoms with Crippen LogP contribution >= 0.6 is 0 Å². The third kappa shape index (κ3) is 5.00. The highest BCUT2D eigenvalue weighted by Gasteiger charge is 2.22. The number of ketones is 1. The zero-order valence-corrected chi connectivity index (χ0v) is 18.1. The maximum atomic E-state index is 12.0. The van der Waals surface area contributed by atoms with Crippen LogP contribution in [0.4, 0.5) is 29.0 Å². The Bertz CT molecular complexity index is 1130. The van der Waals surface area contributed by atoms with Gasteiger partial charge in [-0.2, -0.15) is 4.98 Å². The predicted molar refractivity (Wildman–Crippen MR) is 125 cm³/mol. The van der Waals surface area contributed by atoms with Gasteiger partial charge in [0.05, 0.1) is 0 Å². The van der Waals surface area contributed by atoms with Gasteiger partial charge in [0.15, 0.2) is 5.78 Å². The van der Waals surface area contributed by atoms with Crippen molar-refractivity contribution in [2.45, 2.75) is 13.8 Å². The third-order valence-electron chi connectivity index (χ3n) is 5.18. The molecule has 1 fully saturated rings. The Balaban J connectivity index is 1.43. The summed E-state index contributed by atoms with van der Waals surface area (Å²) in [5, 5.41) is 5.92. The van der Waals surface area contributed by atoms with Gasteiger partial charge in [0.25, 0.3) is 0 Å². The lowest BCUT2D eigenvalue weighted by Crippen LogP contribution is -2.47. The van der Waals surface area contributed by atoms with E-state index >= 15 is 0 Å². The fraction of sp³-hybridized carbons (Fsp3) is 0.261. The van der Waals surface area contributed by atoms with Gasteiger partial charge in [-0.25, -0.2) is 9.97 Å². The van der Waals surface area contributed by atoms with Crippen molar-refractivity contribution in [3.8, 4) is 0 Å². The van der Waals surface area contributed by atoms with Gasteiger partial charge in [0.2, 0.25) is 17.8 Å². The number of hydrogen-bond acceptors (Lipinski definition) is 8. The molecule has 1 saturated heterocycles. The lowest BCUT2D eigenvalue weighted by Gasteiger charge is -2.36. The van der Waals surface area contributed by atoms with Crippen LogP contribution in [0.3, 0.4) is 0 Å². The fourth-order valence-electron chi connectivity index (χ4n) is 3.70. The molecule has 2 N–H and O–H groups in total. The number of amides is 1. The number of para-hydroxylation sites is 1. The van der Waals surface area contributed by atoms with Crippen LogP contribution in [0.1, 0.15) is 24.2 Å². The molecular formula is C23H25N7O2. The molecular weight excluding hydrogens is 406 g/mol. The lowest BCUT2D eigenvalue weighted by molar-refractivity contribution is -0.114. The van der Waals surface area contributed by atoms with Crippen molar-refractivity contribution < 1.29 is 9.59 Å². The minimum Gasteiger partial charge on any atom is -0.367 e. The van der Waals surface area contributed by atoms with Crippen LogP contribution in [0.2, 0.25) is 0 Å². The lowest BCUT2D eigenvalue weighted by atomic mass is 10.1. The van der Waals surface area contributed by atoms with E-state index in [0.717, 1.165) is 43.1 Å². The molecule has 0 atom stereocenters. The molecule has 1 aliphatic heterocycles. The number of Topliss-reactive ketones (excluding diaryl/α,β-unsaturated/α-hetero) is 1. The summed E-state index contributed by atoms with van der Waals surface area (Å²) >= 11 is 0. The molecule has 32 heavy (non-hydrogen) atoms. The molecule has 1 aliphatic rings. The summed E-state index contributed by atoms with van der Waals surface area (Å²) in [6, 6.07) is 15.1. The molecule has 3 aromatic rings. The van der Waals surface area contributed by atoms with E-state index in [9.17, 15) is 9.59 Å². The second-order valence-corrected chi connectivity index (χ2v) is 7.54. The number of nitrogens with one attached hydrogen (secondary N) is 2. The fourth-order valence-corrected chi connectivity index (χ4v) is 3.70. The maximum absolute atomic E-state index is 12.0. The highest BCUT2D eigenvalue weighted by Crippen LogP contribution is 2.24. The molecule has 0 aliphatic carbocycles. The molecule has 4 rings (SSSR count). The number of rotatable bonds is 6. The summed E-state index contributed by atoms with van der Waals surface area (Å²) in [5.41, 5.74) is 3.17. The minimum atomic E-state index is -0.130. The SMILES string of the molecule is CC(=O)Nc1cccc(Nc2ncnc(N3CCN(c4ccccc4C(C)=O)CC3)n2)c1. The highest BCUT2D eigenvalue weighted by atomic mass is 16.1. The average Bonchev–Trinajstić information content (AvgIpc) is 2.79. The molecule has 9 nitrogen and oxygen atoms in total. The van der Waals surface area contributed by atoms with Crippen molar-refractivity contribution in [2.24, 2.45) is 0 Å². The minimum absolute atomic E-state index is 0.0683. The van der Waals surface area contributed by atoms with Gasteiger partial charge >= 0.3 is 0 Å². The van der Waals surface area contributed by atoms with Crippen molar-refractivity contribution in [1.82, 2.24) is 15.0 Å². The van der Waals surface area contributed by atoms with Gasteiger partial charge in [-0.15, -0.1) is 0 Å². The largest absolute Gasteiger partial charge is 0.367 e. The van der Waals surface area contributed by atoms with Crippen LogP contribution in [0.5, 0.6) is 0 Å². The summed E-state index contributed by atoms with van der Waals surface area (Å²) < 4.78 is 0. The smallest absolute Gasteiger partial charge is 0.231 e. The van der Waals surface area contributed by atoms with Crippen molar-refractivity contribution in [3.63, 3.8) is 0 Å². The van der Waals surface area contributed by atoms with E-state index in [-0.39, 0.29) is 11.7 Å². The van der Waals surface area contributed by atoms with Gasteiger partial charge in [-0.05, 0) is 37.3 Å². The van der Waals surface area contributed by atoms with E-state index in [1.807, 2.05) is 48.5 Å². The van der Waals surface area contributed by atoms with E-state index < -0.39 is 0 Å². The van der Waals surface area contributed by atoms with Gasteiger partial charge in [0, 0.05) is 55.7 Å². The van der Waals surface area contributed by atoms with Crippen molar-refractivity contribution in [3.05, 3.63) is 60.4 Å². The van der Waals surface area contributed by atoms with Crippen LogP contribution in [0.15, 0.2) is 54.9 Å². The molecule has 1 aromatic heterocycles. The topological polar surface area (TPSA) is 103 Å². The van der Waals surface area contributed by atoms with Crippen LogP contribution in [-0.4, -0.2) is 52.8 Å². The normalized spacial score (nSPS) is 13.6. The Labute approximate surface area is 186 Å². The molecule has 9 heteroatoms. The predicted octanol–water partition coefficient (Wildman–Crippen LogP) is 3.10. The molecule has 0 radical (unpaired) electrons. The molecule has 2 aromatic carbocycles. The molecule has 164 valence electrons. The van der Waals surface area contributed by atoms with E-state index in [4.69, 9.17) is 0 Å². The van der Waals surface area contributed by atoms with Gasteiger partial charge in [-0.1, -0.05) is 18.2 Å². The summed E-state index contributed by atoms with van der Waals surface area (Å²) in [4.78, 5) is 40.7. The van der Waals surface area contributed by atoms with E-state index in [1.54, 1.807) is 6.92 Å². The number of nitrogens with zero attached hydrogens (tertiary/aromatic N) is 5. The number of carbonyl (C=O) groups is 2. The number of hydrogen-bond donors (Lipinski definition) is 2. The summed E-state index contributed by atoms with van der Waals surface area (Å²) in [5.74, 6) is 0.966. The molecule has 0 unspecified atom stereocenters. The summed E-state index contributed by atoms with van der Waals surface area (Å²) in [7, 11) is 0. The van der Waals surface area contributed by atoms with Crippen LogP contribution in [0.25, 0.3) is 0 Å². The van der Waals surface area contributed by atoms with Crippen molar-refractivity contribution in [2.75, 3.05) is 46.6 Å². The number of anilines is 5. The zero-order chi connectivity index (χ0) is 22.5. The van der Waals surface area contributed by atoms with E-state index in [0.29, 0.717) is 17.6 Å². The Hall–Kier alpha value is -4.01. The highest BCUT2D eigenvalue weighted by molar-refractivity contribution is 5.99. The van der Waals surface area contributed by atoms with Crippen LogP contribution in [-0.2, 0) is 4.79 Å². The molecule has 0 bridgehead atoms. The van der Waals surface area contributed by atoms with Crippen LogP contribution in [0, 0.1) is 0 Å². The van der Waals surface area contributed by atoms with Crippen molar-refractivity contribution >= 4 is 40.6 Å². The summed E-state index contributed by atoms with van der Waals surface area (Å²) in [6.45, 7) is 6.05. The van der Waals surface area contributed by atoms with Gasteiger partial charge in [-0.3, -0.25) is 9.59 Å². The van der Waals surface area contributed by atoms with Gasteiger partial charge in [0.1, 0.15) is 6.33 Å². The third-order valence-corrected chi connectivity index (χ3v) is 5.18. The van der Waals surface area contributed by atoms with Crippen molar-refractivity contribution in [1.29, 1.82) is 0 Å². The Morgan fingerprint density at radius 2 is 1.59 bits per heavy atom. The van der Waals surface area contributed by atoms with Gasteiger partial charge < -0.3 is 20.4 Å². The summed E-state index contributed by atoms with van der Waals surface area (Å²) in [6.07, 6.45) is 1.49. The maximum Gasteiger partial charge on any atom is 0.231 e. The monoisotopic (exact) mass is 431 g/mol. The second-order valence-electron chi connectivity index (χ2n) is 7.54. The second kappa shape index (κ2) is 9.42. The first-order valence-electron chi connectivity index (χ1n) is 10.4. The Kier molecular flexibility index (Phi) is 6.25. The molecule has 1 amide bonds. The van der Waals surface area contributed by atoms with Crippen LogP contribution < -0.4 is 20.4 Å². The average molecular weight is 432 g/mol. The zero-order valence-electron chi connectivity index (χ0n) is 18.1. The quantitative estimate of drug-likeness (QED) is 0.574. The number of benzene rings is 2. The first-order chi connectivity index (χ1) is 15.5. The standard InChI is InChI=1S/C23H25N7O2/c1-16(31)20-8-3-4-9-21(20)29-10-12-30(13-11-29)23-25-15-24-22(28-23)27-19-7-5-6-18(14-19)26-17(2)32/h3-9,14-15H,10-13H2,1-2H3,(H,26,32)(H,24,25,27,28).